The van der Waals surface area contributed by atoms with Crippen LogP contribution in [0.4, 0.5) is 0 Å². The Kier molecular flexibility index (Phi) is 4.36. The quantitative estimate of drug-likeness (QED) is 0.880. The van der Waals surface area contributed by atoms with Crippen molar-refractivity contribution < 1.29 is 4.42 Å². The summed E-state index contributed by atoms with van der Waals surface area (Å²) in [6.07, 6.45) is 6.12. The van der Waals surface area contributed by atoms with Crippen molar-refractivity contribution in [3.8, 4) is 0 Å². The molecule has 2 aromatic rings. The first-order valence-corrected chi connectivity index (χ1v) is 7.61. The average molecular weight is 289 g/mol. The molecule has 0 unspecified atom stereocenters. The largest absolute Gasteiger partial charge is 0.468 e. The number of aryl methyl sites for hydroxylation is 1. The summed E-state index contributed by atoms with van der Waals surface area (Å²) in [6, 6.07) is 4.55. The van der Waals surface area contributed by atoms with Gasteiger partial charge in [0.05, 0.1) is 24.2 Å². The molecule has 1 fully saturated rings. The Bertz CT molecular complexity index is 544. The monoisotopic (exact) mass is 289 g/mol. The van der Waals surface area contributed by atoms with Gasteiger partial charge in [0, 0.05) is 19.6 Å². The predicted octanol–water partition coefficient (Wildman–Crippen LogP) is 1.90. The molecule has 6 nitrogen and oxygen atoms in total. The van der Waals surface area contributed by atoms with Crippen LogP contribution in [-0.2, 0) is 7.05 Å². The van der Waals surface area contributed by atoms with E-state index in [2.05, 4.69) is 33.5 Å². The van der Waals surface area contributed by atoms with E-state index in [9.17, 15) is 0 Å². The van der Waals surface area contributed by atoms with Crippen LogP contribution in [0.3, 0.4) is 0 Å². The van der Waals surface area contributed by atoms with Gasteiger partial charge in [0.15, 0.2) is 0 Å². The van der Waals surface area contributed by atoms with Crippen molar-refractivity contribution in [1.82, 2.24) is 25.2 Å². The molecule has 2 aromatic heterocycles. The van der Waals surface area contributed by atoms with Crippen molar-refractivity contribution in [3.05, 3.63) is 36.0 Å². The van der Waals surface area contributed by atoms with E-state index >= 15 is 0 Å². The molecule has 6 heteroatoms. The molecule has 21 heavy (non-hydrogen) atoms. The van der Waals surface area contributed by atoms with Crippen LogP contribution in [-0.4, -0.2) is 39.5 Å². The van der Waals surface area contributed by atoms with Crippen LogP contribution in [0.2, 0.25) is 0 Å². The second-order valence-electron chi connectivity index (χ2n) is 5.69. The Morgan fingerprint density at radius 3 is 2.81 bits per heavy atom. The second-order valence-corrected chi connectivity index (χ2v) is 5.69. The first-order valence-electron chi connectivity index (χ1n) is 7.61. The fourth-order valence-electron chi connectivity index (χ4n) is 3.03. The van der Waals surface area contributed by atoms with Gasteiger partial charge in [0.2, 0.25) is 0 Å². The zero-order chi connectivity index (χ0) is 14.7. The Morgan fingerprint density at radius 1 is 1.38 bits per heavy atom. The van der Waals surface area contributed by atoms with Gasteiger partial charge in [0.1, 0.15) is 5.76 Å². The molecule has 3 heterocycles. The van der Waals surface area contributed by atoms with Gasteiger partial charge < -0.3 is 9.73 Å². The third kappa shape index (κ3) is 3.16. The minimum atomic E-state index is 0.213. The molecule has 3 rings (SSSR count). The Morgan fingerprint density at radius 2 is 2.19 bits per heavy atom. The maximum atomic E-state index is 5.64. The minimum absolute atomic E-state index is 0.213. The van der Waals surface area contributed by atoms with Crippen molar-refractivity contribution >= 4 is 0 Å². The Labute approximate surface area is 125 Å². The molecule has 2 atom stereocenters. The maximum absolute atomic E-state index is 5.64. The standard InChI is InChI=1S/C15H23N5O/c1-12(13-11-17-18-19(13)2)16-10-14(15-6-5-9-21-15)20-7-3-4-8-20/h5-6,9,11-12,14,16H,3-4,7-8,10H2,1-2H3/t12-,14+/m1/s1. The lowest BCUT2D eigenvalue weighted by atomic mass is 10.1. The van der Waals surface area contributed by atoms with Crippen LogP contribution in [0.25, 0.3) is 0 Å². The van der Waals surface area contributed by atoms with Gasteiger partial charge in [-0.3, -0.25) is 9.58 Å². The molecular weight excluding hydrogens is 266 g/mol. The third-order valence-corrected chi connectivity index (χ3v) is 4.26. The number of hydrogen-bond donors (Lipinski definition) is 1. The lowest BCUT2D eigenvalue weighted by Gasteiger charge is -2.27. The van der Waals surface area contributed by atoms with Crippen LogP contribution < -0.4 is 5.32 Å². The summed E-state index contributed by atoms with van der Waals surface area (Å²) in [7, 11) is 1.92. The minimum Gasteiger partial charge on any atom is -0.468 e. The number of nitrogens with zero attached hydrogens (tertiary/aromatic N) is 4. The van der Waals surface area contributed by atoms with Crippen molar-refractivity contribution in [2.45, 2.75) is 31.8 Å². The second kappa shape index (κ2) is 6.41. The third-order valence-electron chi connectivity index (χ3n) is 4.26. The van der Waals surface area contributed by atoms with Crippen molar-refractivity contribution in [2.75, 3.05) is 19.6 Å². The SMILES string of the molecule is C[C@@H](NC[C@@H](c1ccco1)N1CCCC1)c1cnnn1C. The molecule has 0 aromatic carbocycles. The normalized spacial score (nSPS) is 19.0. The van der Waals surface area contributed by atoms with Crippen LogP contribution >= 0.6 is 0 Å². The van der Waals surface area contributed by atoms with E-state index in [1.54, 1.807) is 6.26 Å². The maximum Gasteiger partial charge on any atom is 0.122 e. The smallest absolute Gasteiger partial charge is 0.122 e. The predicted molar refractivity (Wildman–Crippen MR) is 79.7 cm³/mol. The van der Waals surface area contributed by atoms with Gasteiger partial charge >= 0.3 is 0 Å². The van der Waals surface area contributed by atoms with E-state index in [4.69, 9.17) is 4.42 Å². The summed E-state index contributed by atoms with van der Waals surface area (Å²) in [5.41, 5.74) is 1.09. The molecule has 0 bridgehead atoms. The van der Waals surface area contributed by atoms with Crippen LogP contribution in [0, 0.1) is 0 Å². The molecule has 1 saturated heterocycles. The summed E-state index contributed by atoms with van der Waals surface area (Å²) in [5, 5.41) is 11.5. The summed E-state index contributed by atoms with van der Waals surface area (Å²) in [5.74, 6) is 1.04. The summed E-state index contributed by atoms with van der Waals surface area (Å²) in [6.45, 7) is 5.30. The Hall–Kier alpha value is -1.66. The highest BCUT2D eigenvalue weighted by molar-refractivity contribution is 5.07. The topological polar surface area (TPSA) is 59.1 Å². The molecule has 0 amide bonds. The highest BCUT2D eigenvalue weighted by Gasteiger charge is 2.26. The lowest BCUT2D eigenvalue weighted by Crippen LogP contribution is -2.35. The average Bonchev–Trinajstić information content (AvgIpc) is 3.21. The van der Waals surface area contributed by atoms with Crippen molar-refractivity contribution in [2.24, 2.45) is 7.05 Å². The Balaban J connectivity index is 1.66. The van der Waals surface area contributed by atoms with Gasteiger partial charge in [-0.25, -0.2) is 0 Å². The van der Waals surface area contributed by atoms with Gasteiger partial charge in [-0.1, -0.05) is 5.21 Å². The zero-order valence-electron chi connectivity index (χ0n) is 12.7. The van der Waals surface area contributed by atoms with Gasteiger partial charge in [-0.15, -0.1) is 5.10 Å². The number of rotatable bonds is 6. The lowest BCUT2D eigenvalue weighted by molar-refractivity contribution is 0.205. The first kappa shape index (κ1) is 14.3. The summed E-state index contributed by atoms with van der Waals surface area (Å²) < 4.78 is 7.46. The summed E-state index contributed by atoms with van der Waals surface area (Å²) >= 11 is 0. The molecule has 0 radical (unpaired) electrons. The van der Waals surface area contributed by atoms with E-state index in [1.165, 1.54) is 12.8 Å². The van der Waals surface area contributed by atoms with Gasteiger partial charge in [-0.05, 0) is 45.0 Å². The fourth-order valence-corrected chi connectivity index (χ4v) is 3.03. The van der Waals surface area contributed by atoms with E-state index < -0.39 is 0 Å². The molecule has 1 aliphatic rings. The van der Waals surface area contributed by atoms with E-state index in [-0.39, 0.29) is 6.04 Å². The molecule has 0 spiro atoms. The van der Waals surface area contributed by atoms with E-state index in [0.29, 0.717) is 6.04 Å². The number of nitrogens with one attached hydrogen (secondary N) is 1. The highest BCUT2D eigenvalue weighted by atomic mass is 16.3. The zero-order valence-corrected chi connectivity index (χ0v) is 12.7. The van der Waals surface area contributed by atoms with E-state index in [1.807, 2.05) is 24.0 Å². The van der Waals surface area contributed by atoms with Crippen LogP contribution in [0.1, 0.15) is 43.3 Å². The van der Waals surface area contributed by atoms with Gasteiger partial charge in [0.25, 0.3) is 0 Å². The molecule has 1 N–H and O–H groups in total. The van der Waals surface area contributed by atoms with Crippen molar-refractivity contribution in [1.29, 1.82) is 0 Å². The molecule has 114 valence electrons. The number of likely N-dealkylation sites (tertiary alicyclic amines) is 1. The molecule has 0 saturated carbocycles. The van der Waals surface area contributed by atoms with Crippen molar-refractivity contribution in [3.63, 3.8) is 0 Å². The highest BCUT2D eigenvalue weighted by Crippen LogP contribution is 2.25. The molecule has 1 aliphatic heterocycles. The summed E-state index contributed by atoms with van der Waals surface area (Å²) in [4.78, 5) is 2.50. The van der Waals surface area contributed by atoms with Crippen LogP contribution in [0.15, 0.2) is 29.0 Å². The van der Waals surface area contributed by atoms with E-state index in [0.717, 1.165) is 31.1 Å². The first-order chi connectivity index (χ1) is 10.3. The number of hydrogen-bond acceptors (Lipinski definition) is 5. The van der Waals surface area contributed by atoms with Gasteiger partial charge in [-0.2, -0.15) is 0 Å². The molecular formula is C15H23N5O. The van der Waals surface area contributed by atoms with Crippen LogP contribution in [0.5, 0.6) is 0 Å². The number of furan rings is 1. The molecule has 0 aliphatic carbocycles. The number of aromatic nitrogens is 3. The fraction of sp³-hybridized carbons (Fsp3) is 0.600.